The third kappa shape index (κ3) is 3.51. The van der Waals surface area contributed by atoms with Crippen molar-refractivity contribution in [2.24, 2.45) is 0 Å². The lowest BCUT2D eigenvalue weighted by Gasteiger charge is -2.35. The number of morpholine rings is 1. The summed E-state index contributed by atoms with van der Waals surface area (Å²) < 4.78 is 20.5. The quantitative estimate of drug-likeness (QED) is 0.755. The third-order valence-electron chi connectivity index (χ3n) is 4.64. The van der Waals surface area contributed by atoms with Crippen LogP contribution < -0.4 is 5.32 Å². The monoisotopic (exact) mass is 356 g/mol. The minimum Gasteiger partial charge on any atom is -0.379 e. The summed E-state index contributed by atoms with van der Waals surface area (Å²) in [5, 5.41) is 16.0. The first kappa shape index (κ1) is 16.9. The Morgan fingerprint density at radius 2 is 1.88 bits per heavy atom. The molecule has 1 atom stereocenters. The molecule has 0 spiro atoms. The van der Waals surface area contributed by atoms with Gasteiger partial charge in [-0.2, -0.15) is 4.52 Å². The van der Waals surface area contributed by atoms with Crippen LogP contribution in [0.4, 0.5) is 10.2 Å². The summed E-state index contributed by atoms with van der Waals surface area (Å²) in [5.41, 5.74) is 1.79. The zero-order valence-corrected chi connectivity index (χ0v) is 14.6. The maximum atomic E-state index is 13.3. The predicted octanol–water partition coefficient (Wildman–Crippen LogP) is 2.06. The van der Waals surface area contributed by atoms with Crippen LogP contribution in [0.3, 0.4) is 0 Å². The number of nitrogens with one attached hydrogen (secondary N) is 1. The van der Waals surface area contributed by atoms with E-state index in [1.54, 1.807) is 4.52 Å². The lowest BCUT2D eigenvalue weighted by molar-refractivity contribution is 0.0187. The fourth-order valence-electron chi connectivity index (χ4n) is 3.22. The number of hydrogen-bond donors (Lipinski definition) is 1. The summed E-state index contributed by atoms with van der Waals surface area (Å²) in [4.78, 5) is 2.35. The van der Waals surface area contributed by atoms with E-state index in [-0.39, 0.29) is 11.9 Å². The van der Waals surface area contributed by atoms with Gasteiger partial charge < -0.3 is 10.1 Å². The maximum absolute atomic E-state index is 13.3. The van der Waals surface area contributed by atoms with Crippen LogP contribution in [0.2, 0.25) is 0 Å². The van der Waals surface area contributed by atoms with E-state index in [1.165, 1.54) is 12.1 Å². The Kier molecular flexibility index (Phi) is 4.77. The van der Waals surface area contributed by atoms with Crippen LogP contribution in [-0.4, -0.2) is 57.6 Å². The Labute approximate surface area is 150 Å². The Morgan fingerprint density at radius 3 is 2.65 bits per heavy atom. The molecule has 0 radical (unpaired) electrons. The maximum Gasteiger partial charge on any atom is 0.178 e. The number of ether oxygens (including phenoxy) is 1. The molecule has 26 heavy (non-hydrogen) atoms. The number of benzene rings is 1. The van der Waals surface area contributed by atoms with Crippen molar-refractivity contribution in [3.63, 3.8) is 0 Å². The molecule has 2 aromatic heterocycles. The summed E-state index contributed by atoms with van der Waals surface area (Å²) in [6.45, 7) is 5.64. The number of rotatable bonds is 5. The molecule has 1 fully saturated rings. The number of fused-ring (bicyclic) bond motifs is 1. The molecular formula is C18H21FN6O. The fourth-order valence-corrected chi connectivity index (χ4v) is 3.22. The van der Waals surface area contributed by atoms with Crippen molar-refractivity contribution < 1.29 is 9.13 Å². The van der Waals surface area contributed by atoms with Crippen LogP contribution in [0, 0.1) is 12.7 Å². The number of aryl methyl sites for hydroxylation is 1. The van der Waals surface area contributed by atoms with Crippen LogP contribution in [0.15, 0.2) is 36.4 Å². The van der Waals surface area contributed by atoms with Crippen molar-refractivity contribution in [2.45, 2.75) is 13.0 Å². The minimum atomic E-state index is -0.224. The number of nitrogens with zero attached hydrogens (tertiary/aromatic N) is 5. The highest BCUT2D eigenvalue weighted by Crippen LogP contribution is 2.23. The molecule has 1 aliphatic heterocycles. The van der Waals surface area contributed by atoms with Crippen LogP contribution in [0.5, 0.6) is 0 Å². The minimum absolute atomic E-state index is 0.110. The highest BCUT2D eigenvalue weighted by atomic mass is 19.1. The molecule has 3 heterocycles. The summed E-state index contributed by atoms with van der Waals surface area (Å²) >= 11 is 0. The van der Waals surface area contributed by atoms with Crippen LogP contribution in [0.25, 0.3) is 5.65 Å². The standard InChI is InChI=1S/C18H21FN6O/c1-13-21-22-18-7-6-17(23-25(13)18)20-12-16(24-8-10-26-11-9-24)14-2-4-15(19)5-3-14/h2-7,16H,8-12H2,1H3,(H,20,23). The number of halogens is 1. The first-order valence-corrected chi connectivity index (χ1v) is 8.71. The van der Waals surface area contributed by atoms with Gasteiger partial charge >= 0.3 is 0 Å². The third-order valence-corrected chi connectivity index (χ3v) is 4.64. The second-order valence-electron chi connectivity index (χ2n) is 6.33. The Bertz CT molecular complexity index is 875. The van der Waals surface area contributed by atoms with Gasteiger partial charge in [0.05, 0.1) is 19.3 Å². The lowest BCUT2D eigenvalue weighted by Crippen LogP contribution is -2.41. The number of hydrogen-bond acceptors (Lipinski definition) is 6. The van der Waals surface area contributed by atoms with E-state index in [0.29, 0.717) is 19.8 Å². The molecule has 136 valence electrons. The molecule has 1 aliphatic rings. The number of anilines is 1. The SMILES string of the molecule is Cc1nnc2ccc(NCC(c3ccc(F)cc3)N3CCOCC3)nn12. The molecule has 7 nitrogen and oxygen atoms in total. The molecule has 0 amide bonds. The summed E-state index contributed by atoms with van der Waals surface area (Å²) in [5.74, 6) is 1.27. The molecule has 3 aromatic rings. The zero-order valence-electron chi connectivity index (χ0n) is 14.6. The topological polar surface area (TPSA) is 67.6 Å². The number of aromatic nitrogens is 4. The second kappa shape index (κ2) is 7.35. The van der Waals surface area contributed by atoms with Crippen molar-refractivity contribution in [2.75, 3.05) is 38.2 Å². The van der Waals surface area contributed by atoms with Crippen molar-refractivity contribution in [1.29, 1.82) is 0 Å². The van der Waals surface area contributed by atoms with Gasteiger partial charge in [-0.15, -0.1) is 15.3 Å². The summed E-state index contributed by atoms with van der Waals surface area (Å²) in [6.07, 6.45) is 0. The lowest BCUT2D eigenvalue weighted by atomic mass is 10.0. The molecule has 1 N–H and O–H groups in total. The molecule has 0 bridgehead atoms. The molecule has 0 aliphatic carbocycles. The van der Waals surface area contributed by atoms with Crippen molar-refractivity contribution in [3.8, 4) is 0 Å². The fraction of sp³-hybridized carbons (Fsp3) is 0.389. The molecule has 0 saturated carbocycles. The van der Waals surface area contributed by atoms with Gasteiger partial charge in [0.25, 0.3) is 0 Å². The van der Waals surface area contributed by atoms with E-state index in [2.05, 4.69) is 25.5 Å². The summed E-state index contributed by atoms with van der Waals surface area (Å²) in [6, 6.07) is 10.6. The molecule has 1 unspecified atom stereocenters. The molecule has 1 saturated heterocycles. The van der Waals surface area contributed by atoms with Crippen molar-refractivity contribution >= 4 is 11.5 Å². The van der Waals surface area contributed by atoms with Gasteiger partial charge in [0.1, 0.15) is 11.6 Å². The Morgan fingerprint density at radius 1 is 1.12 bits per heavy atom. The highest BCUT2D eigenvalue weighted by Gasteiger charge is 2.22. The van der Waals surface area contributed by atoms with Gasteiger partial charge in [0, 0.05) is 19.6 Å². The van der Waals surface area contributed by atoms with E-state index < -0.39 is 0 Å². The Hall–Kier alpha value is -2.58. The molecule has 4 rings (SSSR count). The zero-order chi connectivity index (χ0) is 17.9. The molecular weight excluding hydrogens is 335 g/mol. The summed E-state index contributed by atoms with van der Waals surface area (Å²) in [7, 11) is 0. The normalized spacial score (nSPS) is 16.7. The van der Waals surface area contributed by atoms with E-state index in [9.17, 15) is 4.39 Å². The highest BCUT2D eigenvalue weighted by molar-refractivity contribution is 5.44. The molecule has 1 aromatic carbocycles. The van der Waals surface area contributed by atoms with Crippen molar-refractivity contribution in [1.82, 2.24) is 24.7 Å². The average Bonchev–Trinajstić information content (AvgIpc) is 3.05. The predicted molar refractivity (Wildman–Crippen MR) is 95.5 cm³/mol. The second-order valence-corrected chi connectivity index (χ2v) is 6.33. The Balaban J connectivity index is 1.54. The first-order valence-electron chi connectivity index (χ1n) is 8.71. The largest absolute Gasteiger partial charge is 0.379 e. The van der Waals surface area contributed by atoms with Gasteiger partial charge in [-0.1, -0.05) is 12.1 Å². The van der Waals surface area contributed by atoms with Gasteiger partial charge in [-0.3, -0.25) is 4.90 Å². The first-order chi connectivity index (χ1) is 12.7. The van der Waals surface area contributed by atoms with E-state index in [1.807, 2.05) is 31.2 Å². The van der Waals surface area contributed by atoms with Crippen LogP contribution in [0.1, 0.15) is 17.4 Å². The molecule has 8 heteroatoms. The van der Waals surface area contributed by atoms with Gasteiger partial charge in [0.15, 0.2) is 11.5 Å². The smallest absolute Gasteiger partial charge is 0.178 e. The van der Waals surface area contributed by atoms with Gasteiger partial charge in [0.2, 0.25) is 0 Å². The van der Waals surface area contributed by atoms with Crippen LogP contribution in [-0.2, 0) is 4.74 Å². The average molecular weight is 356 g/mol. The van der Waals surface area contributed by atoms with E-state index >= 15 is 0 Å². The van der Waals surface area contributed by atoms with Gasteiger partial charge in [-0.25, -0.2) is 4.39 Å². The van der Waals surface area contributed by atoms with E-state index in [0.717, 1.165) is 35.9 Å². The van der Waals surface area contributed by atoms with E-state index in [4.69, 9.17) is 4.74 Å². The van der Waals surface area contributed by atoms with Crippen LogP contribution >= 0.6 is 0 Å². The van der Waals surface area contributed by atoms with Gasteiger partial charge in [-0.05, 0) is 36.8 Å². The van der Waals surface area contributed by atoms with Crippen molar-refractivity contribution in [3.05, 3.63) is 53.6 Å².